The fraction of sp³-hybridized carbons (Fsp3) is 0.240. The van der Waals surface area contributed by atoms with E-state index in [1.165, 1.54) is 18.2 Å². The summed E-state index contributed by atoms with van der Waals surface area (Å²) in [5.74, 6) is -0.974. The van der Waals surface area contributed by atoms with Crippen LogP contribution in [0, 0.1) is 19.7 Å². The van der Waals surface area contributed by atoms with Crippen molar-refractivity contribution in [3.8, 4) is 0 Å². The minimum atomic E-state index is -3.90. The number of aryl methyl sites for hydroxylation is 2. The van der Waals surface area contributed by atoms with Gasteiger partial charge in [0, 0.05) is 30.0 Å². The first-order valence-corrected chi connectivity index (χ1v) is 12.3. The number of hydrogen-bond donors (Lipinski definition) is 2. The number of nitrogens with one attached hydrogen (secondary N) is 2. The van der Waals surface area contributed by atoms with Gasteiger partial charge in [-0.05, 0) is 61.9 Å². The van der Waals surface area contributed by atoms with Crippen molar-refractivity contribution >= 4 is 33.0 Å². The van der Waals surface area contributed by atoms with E-state index < -0.39 is 21.7 Å². The van der Waals surface area contributed by atoms with E-state index in [-0.39, 0.29) is 16.1 Å². The van der Waals surface area contributed by atoms with Crippen LogP contribution >= 0.6 is 0 Å². The van der Waals surface area contributed by atoms with Gasteiger partial charge in [-0.15, -0.1) is 0 Å². The monoisotopic (exact) mass is 483 g/mol. The Morgan fingerprint density at radius 1 is 0.941 bits per heavy atom. The highest BCUT2D eigenvalue weighted by Crippen LogP contribution is 2.25. The topological polar surface area (TPSA) is 87.7 Å². The zero-order valence-corrected chi connectivity index (χ0v) is 19.8. The molecule has 7 nitrogen and oxygen atoms in total. The highest BCUT2D eigenvalue weighted by atomic mass is 32.2. The Balaban J connectivity index is 1.52. The molecule has 1 fully saturated rings. The number of hydrogen-bond acceptors (Lipinski definition) is 5. The number of carbonyl (C=O) groups is 1. The van der Waals surface area contributed by atoms with Crippen molar-refractivity contribution in [1.29, 1.82) is 0 Å². The molecule has 9 heteroatoms. The number of benzene rings is 3. The smallest absolute Gasteiger partial charge is 0.261 e. The molecule has 3 aromatic carbocycles. The van der Waals surface area contributed by atoms with Crippen LogP contribution in [0.25, 0.3) is 0 Å². The van der Waals surface area contributed by atoms with Crippen molar-refractivity contribution < 1.29 is 22.3 Å². The molecule has 1 aliphatic rings. The number of morpholine rings is 1. The average molecular weight is 484 g/mol. The van der Waals surface area contributed by atoms with Gasteiger partial charge in [-0.2, -0.15) is 0 Å². The third-order valence-corrected chi connectivity index (χ3v) is 7.00. The molecule has 34 heavy (non-hydrogen) atoms. The Kier molecular flexibility index (Phi) is 6.85. The molecule has 0 saturated carbocycles. The Morgan fingerprint density at radius 3 is 2.29 bits per heavy atom. The van der Waals surface area contributed by atoms with Crippen molar-refractivity contribution in [2.24, 2.45) is 0 Å². The first-order chi connectivity index (χ1) is 16.2. The summed E-state index contributed by atoms with van der Waals surface area (Å²) in [6.45, 7) is 5.88. The predicted molar refractivity (Wildman–Crippen MR) is 131 cm³/mol. The molecule has 0 bridgehead atoms. The van der Waals surface area contributed by atoms with Crippen LogP contribution in [0.2, 0.25) is 0 Å². The first-order valence-electron chi connectivity index (χ1n) is 10.9. The molecule has 3 aromatic rings. The predicted octanol–water partition coefficient (Wildman–Crippen LogP) is 4.33. The quantitative estimate of drug-likeness (QED) is 0.545. The molecule has 1 saturated heterocycles. The molecule has 0 spiro atoms. The summed E-state index contributed by atoms with van der Waals surface area (Å²) < 4.78 is 48.2. The standard InChI is InChI=1S/C25H26FN3O4S/c1-17-3-6-19(7-4-17)28-34(31,32)21-9-5-18(2)22(16-21)25(30)27-20-8-10-24(23(26)15-20)29-11-13-33-14-12-29/h3-10,15-16,28H,11-14H2,1-2H3,(H,27,30). The van der Waals surface area contributed by atoms with Gasteiger partial charge in [-0.3, -0.25) is 9.52 Å². The molecular weight excluding hydrogens is 457 g/mol. The summed E-state index contributed by atoms with van der Waals surface area (Å²) in [6.07, 6.45) is 0. The molecule has 178 valence electrons. The molecule has 0 aromatic heterocycles. The van der Waals surface area contributed by atoms with Gasteiger partial charge in [0.2, 0.25) is 0 Å². The number of halogens is 1. The van der Waals surface area contributed by atoms with E-state index in [9.17, 15) is 17.6 Å². The molecule has 1 amide bonds. The highest BCUT2D eigenvalue weighted by Gasteiger charge is 2.20. The number of anilines is 3. The Morgan fingerprint density at radius 2 is 1.62 bits per heavy atom. The Bertz CT molecular complexity index is 1300. The Hall–Kier alpha value is -3.43. The maximum absolute atomic E-state index is 14.7. The van der Waals surface area contributed by atoms with Gasteiger partial charge >= 0.3 is 0 Å². The zero-order valence-electron chi connectivity index (χ0n) is 19.0. The zero-order chi connectivity index (χ0) is 24.3. The summed E-state index contributed by atoms with van der Waals surface area (Å²) >= 11 is 0. The van der Waals surface area contributed by atoms with Crippen molar-refractivity contribution in [3.63, 3.8) is 0 Å². The van der Waals surface area contributed by atoms with Crippen molar-refractivity contribution in [2.75, 3.05) is 41.2 Å². The van der Waals surface area contributed by atoms with Crippen LogP contribution < -0.4 is 14.9 Å². The lowest BCUT2D eigenvalue weighted by molar-refractivity contribution is 0.102. The first kappa shape index (κ1) is 23.7. The normalized spacial score (nSPS) is 14.0. The minimum Gasteiger partial charge on any atom is -0.378 e. The van der Waals surface area contributed by atoms with Gasteiger partial charge < -0.3 is 15.0 Å². The van der Waals surface area contributed by atoms with Gasteiger partial charge in [-0.1, -0.05) is 23.8 Å². The fourth-order valence-electron chi connectivity index (χ4n) is 3.69. The van der Waals surface area contributed by atoms with E-state index in [2.05, 4.69) is 10.0 Å². The van der Waals surface area contributed by atoms with Crippen LogP contribution in [0.3, 0.4) is 0 Å². The van der Waals surface area contributed by atoms with E-state index in [1.807, 2.05) is 11.8 Å². The lowest BCUT2D eigenvalue weighted by Crippen LogP contribution is -2.36. The van der Waals surface area contributed by atoms with Crippen LogP contribution in [0.4, 0.5) is 21.5 Å². The molecule has 1 heterocycles. The number of nitrogens with zero attached hydrogens (tertiary/aromatic N) is 1. The number of rotatable bonds is 6. The van der Waals surface area contributed by atoms with E-state index in [0.29, 0.717) is 43.2 Å². The molecule has 0 aliphatic carbocycles. The molecule has 0 atom stereocenters. The Labute approximate surface area is 198 Å². The van der Waals surface area contributed by atoms with Gasteiger partial charge in [0.05, 0.1) is 23.8 Å². The number of sulfonamides is 1. The van der Waals surface area contributed by atoms with Crippen molar-refractivity contribution in [1.82, 2.24) is 0 Å². The second-order valence-corrected chi connectivity index (χ2v) is 9.85. The van der Waals surface area contributed by atoms with Crippen LogP contribution in [0.1, 0.15) is 21.5 Å². The average Bonchev–Trinajstić information content (AvgIpc) is 2.81. The lowest BCUT2D eigenvalue weighted by atomic mass is 10.1. The second kappa shape index (κ2) is 9.82. The minimum absolute atomic E-state index is 0.0438. The summed E-state index contributed by atoms with van der Waals surface area (Å²) in [6, 6.07) is 15.8. The second-order valence-electron chi connectivity index (χ2n) is 8.17. The van der Waals surface area contributed by atoms with E-state index in [0.717, 1.165) is 5.56 Å². The fourth-order valence-corrected chi connectivity index (χ4v) is 4.78. The molecule has 2 N–H and O–H groups in total. The van der Waals surface area contributed by atoms with Crippen molar-refractivity contribution in [3.05, 3.63) is 83.2 Å². The maximum Gasteiger partial charge on any atom is 0.261 e. The van der Waals surface area contributed by atoms with E-state index in [4.69, 9.17) is 4.74 Å². The third-order valence-electron chi connectivity index (χ3n) is 5.63. The van der Waals surface area contributed by atoms with Gasteiger partial charge in [0.25, 0.3) is 15.9 Å². The van der Waals surface area contributed by atoms with Crippen LogP contribution in [-0.4, -0.2) is 40.6 Å². The SMILES string of the molecule is Cc1ccc(NS(=O)(=O)c2ccc(C)c(C(=O)Nc3ccc(N4CCOCC4)c(F)c3)c2)cc1. The van der Waals surface area contributed by atoms with E-state index in [1.54, 1.807) is 49.4 Å². The molecular formula is C25H26FN3O4S. The molecule has 0 unspecified atom stereocenters. The number of carbonyl (C=O) groups excluding carboxylic acids is 1. The molecule has 0 radical (unpaired) electrons. The van der Waals surface area contributed by atoms with E-state index >= 15 is 0 Å². The van der Waals surface area contributed by atoms with Crippen LogP contribution in [-0.2, 0) is 14.8 Å². The maximum atomic E-state index is 14.7. The van der Waals surface area contributed by atoms with Crippen LogP contribution in [0.5, 0.6) is 0 Å². The van der Waals surface area contributed by atoms with Gasteiger partial charge in [0.1, 0.15) is 5.82 Å². The number of amides is 1. The van der Waals surface area contributed by atoms with Gasteiger partial charge in [-0.25, -0.2) is 12.8 Å². The third kappa shape index (κ3) is 5.37. The summed E-state index contributed by atoms with van der Waals surface area (Å²) in [5, 5.41) is 2.67. The highest BCUT2D eigenvalue weighted by molar-refractivity contribution is 7.92. The molecule has 1 aliphatic heterocycles. The summed E-state index contributed by atoms with van der Waals surface area (Å²) in [5.41, 5.74) is 2.94. The summed E-state index contributed by atoms with van der Waals surface area (Å²) in [4.78, 5) is 14.8. The largest absolute Gasteiger partial charge is 0.378 e. The lowest BCUT2D eigenvalue weighted by Gasteiger charge is -2.29. The van der Waals surface area contributed by atoms with Gasteiger partial charge in [0.15, 0.2) is 0 Å². The summed E-state index contributed by atoms with van der Waals surface area (Å²) in [7, 11) is -3.90. The number of ether oxygens (including phenoxy) is 1. The molecule has 4 rings (SSSR count). The van der Waals surface area contributed by atoms with Crippen LogP contribution in [0.15, 0.2) is 65.6 Å². The van der Waals surface area contributed by atoms with Crippen molar-refractivity contribution in [2.45, 2.75) is 18.7 Å².